The van der Waals surface area contributed by atoms with Crippen LogP contribution in [0.1, 0.15) is 30.1 Å². The van der Waals surface area contributed by atoms with Crippen LogP contribution in [-0.4, -0.2) is 16.2 Å². The average Bonchev–Trinajstić information content (AvgIpc) is 2.96. The quantitative estimate of drug-likeness (QED) is 0.845. The molecule has 4 nitrogen and oxygen atoms in total. The molecule has 2 unspecified atom stereocenters. The summed E-state index contributed by atoms with van der Waals surface area (Å²) in [4.78, 5) is 0. The summed E-state index contributed by atoms with van der Waals surface area (Å²) in [5.41, 5.74) is 7.88. The van der Waals surface area contributed by atoms with Gasteiger partial charge in [0.1, 0.15) is 17.0 Å². The van der Waals surface area contributed by atoms with Crippen molar-refractivity contribution in [1.82, 2.24) is 10.2 Å². The SMILES string of the molecule is CCC(N)C(Sc1nncs1)c1ccc(C)o1. The molecule has 0 aliphatic heterocycles. The molecule has 2 aromatic rings. The first-order chi connectivity index (χ1) is 8.20. The summed E-state index contributed by atoms with van der Waals surface area (Å²) < 4.78 is 6.60. The molecule has 2 aromatic heterocycles. The second-order valence-corrected chi connectivity index (χ2v) is 5.99. The number of hydrogen-bond acceptors (Lipinski definition) is 6. The van der Waals surface area contributed by atoms with Crippen molar-refractivity contribution in [2.45, 2.75) is 35.9 Å². The summed E-state index contributed by atoms with van der Waals surface area (Å²) in [6.07, 6.45) is 0.899. The van der Waals surface area contributed by atoms with E-state index in [0.717, 1.165) is 22.3 Å². The van der Waals surface area contributed by atoms with Crippen LogP contribution in [0.4, 0.5) is 0 Å². The largest absolute Gasteiger partial charge is 0.465 e. The Kier molecular flexibility index (Phi) is 4.20. The summed E-state index contributed by atoms with van der Waals surface area (Å²) in [7, 11) is 0. The Labute approximate surface area is 109 Å². The van der Waals surface area contributed by atoms with Crippen molar-refractivity contribution in [3.05, 3.63) is 29.2 Å². The van der Waals surface area contributed by atoms with Gasteiger partial charge in [-0.2, -0.15) is 0 Å². The Morgan fingerprint density at radius 2 is 2.35 bits per heavy atom. The molecule has 0 aliphatic rings. The van der Waals surface area contributed by atoms with Gasteiger partial charge in [0.05, 0.1) is 5.25 Å². The van der Waals surface area contributed by atoms with Gasteiger partial charge in [0.2, 0.25) is 0 Å². The predicted octanol–water partition coefficient (Wildman–Crippen LogP) is 3.01. The number of aryl methyl sites for hydroxylation is 1. The maximum atomic E-state index is 6.15. The molecule has 0 spiro atoms. The fourth-order valence-electron chi connectivity index (χ4n) is 1.50. The first-order valence-electron chi connectivity index (χ1n) is 5.45. The highest BCUT2D eigenvalue weighted by Gasteiger charge is 2.24. The fraction of sp³-hybridized carbons (Fsp3) is 0.455. The number of hydrogen-bond donors (Lipinski definition) is 1. The maximum absolute atomic E-state index is 6.15. The molecule has 2 rings (SSSR count). The van der Waals surface area contributed by atoms with Gasteiger partial charge in [0.15, 0.2) is 4.34 Å². The van der Waals surface area contributed by atoms with Crippen molar-refractivity contribution >= 4 is 23.1 Å². The zero-order valence-corrected chi connectivity index (χ0v) is 11.4. The third kappa shape index (κ3) is 3.08. The van der Waals surface area contributed by atoms with E-state index in [-0.39, 0.29) is 11.3 Å². The number of nitrogens with two attached hydrogens (primary N) is 1. The summed E-state index contributed by atoms with van der Waals surface area (Å²) in [5, 5.41) is 7.97. The number of furan rings is 1. The summed E-state index contributed by atoms with van der Waals surface area (Å²) in [6.45, 7) is 4.02. The molecular weight excluding hydrogens is 254 g/mol. The minimum Gasteiger partial charge on any atom is -0.465 e. The lowest BCUT2D eigenvalue weighted by Crippen LogP contribution is -2.25. The highest BCUT2D eigenvalue weighted by atomic mass is 32.2. The maximum Gasteiger partial charge on any atom is 0.174 e. The van der Waals surface area contributed by atoms with Crippen molar-refractivity contribution in [2.75, 3.05) is 0 Å². The Morgan fingerprint density at radius 3 is 2.88 bits per heavy atom. The van der Waals surface area contributed by atoms with Gasteiger partial charge in [0, 0.05) is 6.04 Å². The Hall–Kier alpha value is -0.850. The van der Waals surface area contributed by atoms with Crippen LogP contribution in [-0.2, 0) is 0 Å². The van der Waals surface area contributed by atoms with Gasteiger partial charge >= 0.3 is 0 Å². The van der Waals surface area contributed by atoms with Gasteiger partial charge in [-0.25, -0.2) is 0 Å². The number of rotatable bonds is 5. The lowest BCUT2D eigenvalue weighted by molar-refractivity contribution is 0.454. The minimum atomic E-state index is 0.0504. The van der Waals surface area contributed by atoms with Gasteiger partial charge in [-0.05, 0) is 25.5 Å². The number of thioether (sulfide) groups is 1. The van der Waals surface area contributed by atoms with Crippen molar-refractivity contribution < 1.29 is 4.42 Å². The zero-order valence-electron chi connectivity index (χ0n) is 9.79. The highest BCUT2D eigenvalue weighted by molar-refractivity contribution is 8.01. The third-order valence-electron chi connectivity index (χ3n) is 2.47. The third-order valence-corrected chi connectivity index (χ3v) is 4.65. The van der Waals surface area contributed by atoms with E-state index in [1.54, 1.807) is 17.3 Å². The molecule has 0 radical (unpaired) electrons. The molecule has 0 saturated carbocycles. The minimum absolute atomic E-state index is 0.0504. The molecular formula is C11H15N3OS2. The van der Waals surface area contributed by atoms with Crippen LogP contribution in [0, 0.1) is 6.92 Å². The Bertz CT molecular complexity index is 455. The summed E-state index contributed by atoms with van der Waals surface area (Å²) in [5.74, 6) is 1.82. The smallest absolute Gasteiger partial charge is 0.174 e. The number of nitrogens with zero attached hydrogens (tertiary/aromatic N) is 2. The molecule has 17 heavy (non-hydrogen) atoms. The Morgan fingerprint density at radius 1 is 1.53 bits per heavy atom. The molecule has 0 aromatic carbocycles. The van der Waals surface area contributed by atoms with E-state index >= 15 is 0 Å². The summed E-state index contributed by atoms with van der Waals surface area (Å²) >= 11 is 3.14. The van der Waals surface area contributed by atoms with Gasteiger partial charge in [0.25, 0.3) is 0 Å². The highest BCUT2D eigenvalue weighted by Crippen LogP contribution is 2.39. The fourth-order valence-corrected chi connectivity index (χ4v) is 3.36. The molecule has 0 fully saturated rings. The van der Waals surface area contributed by atoms with Gasteiger partial charge in [-0.3, -0.25) is 0 Å². The lowest BCUT2D eigenvalue weighted by atomic mass is 10.1. The van der Waals surface area contributed by atoms with E-state index in [0.29, 0.717) is 0 Å². The van der Waals surface area contributed by atoms with Crippen LogP contribution < -0.4 is 5.73 Å². The van der Waals surface area contributed by atoms with Crippen molar-refractivity contribution in [2.24, 2.45) is 5.73 Å². The van der Waals surface area contributed by atoms with Gasteiger partial charge in [-0.1, -0.05) is 30.0 Å². The van der Waals surface area contributed by atoms with Crippen molar-refractivity contribution in [3.63, 3.8) is 0 Å². The second-order valence-electron chi connectivity index (χ2n) is 3.76. The van der Waals surface area contributed by atoms with Gasteiger partial charge < -0.3 is 10.2 Å². The molecule has 2 atom stereocenters. The average molecular weight is 269 g/mol. The molecule has 0 saturated heterocycles. The number of aromatic nitrogens is 2. The first-order valence-corrected chi connectivity index (χ1v) is 7.21. The van der Waals surface area contributed by atoms with E-state index in [2.05, 4.69) is 17.1 Å². The summed E-state index contributed by atoms with van der Waals surface area (Å²) in [6, 6.07) is 4.00. The standard InChI is InChI=1S/C11H15N3OS2/c1-3-8(12)10(9-5-4-7(2)15-9)17-11-14-13-6-16-11/h4-6,8,10H,3,12H2,1-2H3. The molecule has 92 valence electrons. The van der Waals surface area contributed by atoms with Crippen LogP contribution in [0.5, 0.6) is 0 Å². The van der Waals surface area contributed by atoms with E-state index in [1.807, 2.05) is 19.1 Å². The molecule has 2 heterocycles. The first kappa shape index (κ1) is 12.6. The van der Waals surface area contributed by atoms with Gasteiger partial charge in [-0.15, -0.1) is 10.2 Å². The lowest BCUT2D eigenvalue weighted by Gasteiger charge is -2.18. The van der Waals surface area contributed by atoms with Crippen molar-refractivity contribution in [3.8, 4) is 0 Å². The second kappa shape index (κ2) is 5.66. The van der Waals surface area contributed by atoms with E-state index in [9.17, 15) is 0 Å². The monoisotopic (exact) mass is 269 g/mol. The van der Waals surface area contributed by atoms with E-state index in [1.165, 1.54) is 11.3 Å². The predicted molar refractivity (Wildman–Crippen MR) is 70.2 cm³/mol. The molecule has 0 amide bonds. The topological polar surface area (TPSA) is 64.9 Å². The molecule has 2 N–H and O–H groups in total. The molecule has 0 aliphatic carbocycles. The van der Waals surface area contributed by atoms with E-state index < -0.39 is 0 Å². The van der Waals surface area contributed by atoms with E-state index in [4.69, 9.17) is 10.2 Å². The van der Waals surface area contributed by atoms with Crippen molar-refractivity contribution in [1.29, 1.82) is 0 Å². The van der Waals surface area contributed by atoms with Crippen LogP contribution in [0.2, 0.25) is 0 Å². The van der Waals surface area contributed by atoms with Crippen LogP contribution >= 0.6 is 23.1 Å². The van der Waals surface area contributed by atoms with Crippen LogP contribution in [0.15, 0.2) is 26.4 Å². The Balaban J connectivity index is 2.19. The van der Waals surface area contributed by atoms with Crippen LogP contribution in [0.3, 0.4) is 0 Å². The normalized spacial score (nSPS) is 14.8. The molecule has 6 heteroatoms. The van der Waals surface area contributed by atoms with Crippen LogP contribution in [0.25, 0.3) is 0 Å². The zero-order chi connectivity index (χ0) is 12.3. The molecule has 0 bridgehead atoms.